The zero-order valence-electron chi connectivity index (χ0n) is 13.1. The monoisotopic (exact) mass is 361 g/mol. The van der Waals surface area contributed by atoms with Crippen LogP contribution in [0.25, 0.3) is 0 Å². The van der Waals surface area contributed by atoms with E-state index >= 15 is 0 Å². The molecule has 0 bridgehead atoms. The van der Waals surface area contributed by atoms with Crippen LogP contribution in [0.1, 0.15) is 22.1 Å². The SMILES string of the molecule is Cc1nc(CSc2ccccc2C(=O)Nc2cc(F)cc(F)c2)no1. The third kappa shape index (κ3) is 4.42. The van der Waals surface area contributed by atoms with Gasteiger partial charge in [-0.3, -0.25) is 4.79 Å². The predicted molar refractivity (Wildman–Crippen MR) is 89.3 cm³/mol. The van der Waals surface area contributed by atoms with E-state index in [-0.39, 0.29) is 5.69 Å². The second-order valence-electron chi connectivity index (χ2n) is 5.13. The first kappa shape index (κ1) is 17.1. The van der Waals surface area contributed by atoms with Gasteiger partial charge in [0.05, 0.1) is 11.3 Å². The van der Waals surface area contributed by atoms with Crippen LogP contribution in [-0.2, 0) is 5.75 Å². The van der Waals surface area contributed by atoms with E-state index in [1.807, 2.05) is 0 Å². The van der Waals surface area contributed by atoms with Gasteiger partial charge in [0, 0.05) is 23.6 Å². The van der Waals surface area contributed by atoms with Crippen LogP contribution in [-0.4, -0.2) is 16.0 Å². The van der Waals surface area contributed by atoms with Gasteiger partial charge in [0.15, 0.2) is 5.82 Å². The number of anilines is 1. The molecule has 0 aliphatic carbocycles. The Balaban J connectivity index is 1.76. The third-order valence-corrected chi connectivity index (χ3v) is 4.25. The maximum Gasteiger partial charge on any atom is 0.256 e. The lowest BCUT2D eigenvalue weighted by atomic mass is 10.2. The smallest absolute Gasteiger partial charge is 0.256 e. The number of aryl methyl sites for hydroxylation is 1. The van der Waals surface area contributed by atoms with Crippen LogP contribution in [0.3, 0.4) is 0 Å². The molecule has 2 aromatic carbocycles. The number of carbonyl (C=O) groups is 1. The van der Waals surface area contributed by atoms with Gasteiger partial charge >= 0.3 is 0 Å². The number of nitrogens with zero attached hydrogens (tertiary/aromatic N) is 2. The van der Waals surface area contributed by atoms with Gasteiger partial charge in [-0.25, -0.2) is 8.78 Å². The molecule has 5 nitrogen and oxygen atoms in total. The molecule has 128 valence electrons. The minimum Gasteiger partial charge on any atom is -0.340 e. The van der Waals surface area contributed by atoms with E-state index in [1.165, 1.54) is 11.8 Å². The molecule has 8 heteroatoms. The van der Waals surface area contributed by atoms with E-state index in [0.717, 1.165) is 18.2 Å². The fourth-order valence-electron chi connectivity index (χ4n) is 2.15. The number of aromatic nitrogens is 2. The maximum atomic E-state index is 13.3. The Bertz CT molecular complexity index is 894. The van der Waals surface area contributed by atoms with Crippen molar-refractivity contribution in [1.82, 2.24) is 10.1 Å². The highest BCUT2D eigenvalue weighted by Gasteiger charge is 2.14. The van der Waals surface area contributed by atoms with Crippen molar-refractivity contribution in [1.29, 1.82) is 0 Å². The van der Waals surface area contributed by atoms with Crippen molar-refractivity contribution < 1.29 is 18.1 Å². The number of amides is 1. The van der Waals surface area contributed by atoms with Crippen molar-refractivity contribution >= 4 is 23.4 Å². The summed E-state index contributed by atoms with van der Waals surface area (Å²) in [5.41, 5.74) is 0.438. The Kier molecular flexibility index (Phi) is 5.08. The van der Waals surface area contributed by atoms with E-state index in [4.69, 9.17) is 4.52 Å². The van der Waals surface area contributed by atoms with Crippen LogP contribution in [0.4, 0.5) is 14.5 Å². The number of carbonyl (C=O) groups excluding carboxylic acids is 1. The molecule has 1 N–H and O–H groups in total. The highest BCUT2D eigenvalue weighted by Crippen LogP contribution is 2.26. The summed E-state index contributed by atoms with van der Waals surface area (Å²) in [6, 6.07) is 9.77. The summed E-state index contributed by atoms with van der Waals surface area (Å²) in [7, 11) is 0. The molecule has 0 aliphatic heterocycles. The average molecular weight is 361 g/mol. The fourth-order valence-corrected chi connectivity index (χ4v) is 3.04. The van der Waals surface area contributed by atoms with Crippen molar-refractivity contribution in [2.75, 3.05) is 5.32 Å². The number of hydrogen-bond acceptors (Lipinski definition) is 5. The lowest BCUT2D eigenvalue weighted by Crippen LogP contribution is -2.13. The molecule has 0 radical (unpaired) electrons. The van der Waals surface area contributed by atoms with Crippen molar-refractivity contribution in [3.63, 3.8) is 0 Å². The molecule has 0 saturated carbocycles. The molecule has 3 aromatic rings. The van der Waals surface area contributed by atoms with Gasteiger partial charge in [-0.2, -0.15) is 4.98 Å². The van der Waals surface area contributed by atoms with Crippen molar-refractivity contribution in [2.45, 2.75) is 17.6 Å². The summed E-state index contributed by atoms with van der Waals surface area (Å²) in [4.78, 5) is 17.3. The molecule has 0 atom stereocenters. The first-order chi connectivity index (χ1) is 12.0. The van der Waals surface area contributed by atoms with Crippen molar-refractivity contribution in [3.8, 4) is 0 Å². The molecule has 0 aliphatic rings. The molecule has 0 unspecified atom stereocenters. The maximum absolute atomic E-state index is 13.3. The van der Waals surface area contributed by atoms with Crippen LogP contribution < -0.4 is 5.32 Å². The Hall–Kier alpha value is -2.74. The lowest BCUT2D eigenvalue weighted by molar-refractivity contribution is 0.102. The quantitative estimate of drug-likeness (QED) is 0.690. The summed E-state index contributed by atoms with van der Waals surface area (Å²) >= 11 is 1.36. The van der Waals surface area contributed by atoms with Gasteiger partial charge in [0.2, 0.25) is 5.89 Å². The van der Waals surface area contributed by atoms with E-state index < -0.39 is 17.5 Å². The number of nitrogens with one attached hydrogen (secondary N) is 1. The summed E-state index contributed by atoms with van der Waals surface area (Å²) in [5, 5.41) is 6.30. The topological polar surface area (TPSA) is 68.0 Å². The van der Waals surface area contributed by atoms with Crippen LogP contribution >= 0.6 is 11.8 Å². The Morgan fingerprint density at radius 1 is 1.20 bits per heavy atom. The first-order valence-electron chi connectivity index (χ1n) is 7.30. The van der Waals surface area contributed by atoms with Crippen LogP contribution in [0.15, 0.2) is 51.9 Å². The highest BCUT2D eigenvalue weighted by molar-refractivity contribution is 7.98. The lowest BCUT2D eigenvalue weighted by Gasteiger charge is -2.09. The summed E-state index contributed by atoms with van der Waals surface area (Å²) in [6.45, 7) is 1.70. The molecule has 0 fully saturated rings. The molecule has 1 aromatic heterocycles. The van der Waals surface area contributed by atoms with Crippen LogP contribution in [0, 0.1) is 18.6 Å². The standard InChI is InChI=1S/C17H13F2N3O2S/c1-10-20-16(22-24-10)9-25-15-5-3-2-4-14(15)17(23)21-13-7-11(18)6-12(19)8-13/h2-8H,9H2,1H3,(H,21,23). The van der Waals surface area contributed by atoms with Crippen molar-refractivity contribution in [2.24, 2.45) is 0 Å². The number of benzene rings is 2. The summed E-state index contributed by atoms with van der Waals surface area (Å²) in [6.07, 6.45) is 0. The minimum absolute atomic E-state index is 0.0519. The van der Waals surface area contributed by atoms with E-state index in [2.05, 4.69) is 15.5 Å². The van der Waals surface area contributed by atoms with Crippen LogP contribution in [0.5, 0.6) is 0 Å². The Morgan fingerprint density at radius 3 is 2.60 bits per heavy atom. The highest BCUT2D eigenvalue weighted by atomic mass is 32.2. The normalized spacial score (nSPS) is 10.7. The number of rotatable bonds is 5. The molecule has 1 amide bonds. The van der Waals surface area contributed by atoms with Gasteiger partial charge in [0.25, 0.3) is 5.91 Å². The number of thioether (sulfide) groups is 1. The van der Waals surface area contributed by atoms with Gasteiger partial charge in [-0.15, -0.1) is 11.8 Å². The first-order valence-corrected chi connectivity index (χ1v) is 8.28. The van der Waals surface area contributed by atoms with Crippen molar-refractivity contribution in [3.05, 3.63) is 71.4 Å². The third-order valence-electron chi connectivity index (χ3n) is 3.18. The van der Waals surface area contributed by atoms with Gasteiger partial charge in [-0.1, -0.05) is 17.3 Å². The molecule has 25 heavy (non-hydrogen) atoms. The summed E-state index contributed by atoms with van der Waals surface area (Å²) in [5.74, 6) is -0.566. The van der Waals surface area contributed by atoms with Crippen LogP contribution in [0.2, 0.25) is 0 Å². The second kappa shape index (κ2) is 7.43. The zero-order valence-corrected chi connectivity index (χ0v) is 13.9. The predicted octanol–water partition coefficient (Wildman–Crippen LogP) is 4.20. The minimum atomic E-state index is -0.759. The van der Waals surface area contributed by atoms with E-state index in [1.54, 1.807) is 31.2 Å². The van der Waals surface area contributed by atoms with Gasteiger partial charge in [-0.05, 0) is 24.3 Å². The Morgan fingerprint density at radius 2 is 1.92 bits per heavy atom. The molecule has 0 saturated heterocycles. The molecular weight excluding hydrogens is 348 g/mol. The second-order valence-corrected chi connectivity index (χ2v) is 6.14. The average Bonchev–Trinajstić information content (AvgIpc) is 2.97. The van der Waals surface area contributed by atoms with Gasteiger partial charge in [0.1, 0.15) is 11.6 Å². The number of hydrogen-bond donors (Lipinski definition) is 1. The van der Waals surface area contributed by atoms with E-state index in [0.29, 0.717) is 27.9 Å². The molecule has 3 rings (SSSR count). The zero-order chi connectivity index (χ0) is 17.8. The summed E-state index contributed by atoms with van der Waals surface area (Å²) < 4.78 is 31.4. The Labute approximate surface area is 146 Å². The largest absolute Gasteiger partial charge is 0.340 e. The number of halogens is 2. The van der Waals surface area contributed by atoms with Gasteiger partial charge < -0.3 is 9.84 Å². The molecular formula is C17H13F2N3O2S. The molecule has 0 spiro atoms. The molecule has 1 heterocycles. The fraction of sp³-hybridized carbons (Fsp3) is 0.118. The van der Waals surface area contributed by atoms with E-state index in [9.17, 15) is 13.6 Å².